The molecule has 1 fully saturated rings. The largest absolute Gasteiger partial charge is 0.148 e. The van der Waals surface area contributed by atoms with Gasteiger partial charge in [0.2, 0.25) is 0 Å². The highest BCUT2D eigenvalue weighted by atomic mass is 32.1. The molecule has 1 aromatic rings. The van der Waals surface area contributed by atoms with Crippen LogP contribution in [-0.2, 0) is 0 Å². The lowest BCUT2D eigenvalue weighted by Gasteiger charge is -1.82. The Balaban J connectivity index is 2.27. The predicted molar refractivity (Wildman–Crippen MR) is 40.5 cm³/mol. The number of thiophene rings is 1. The van der Waals surface area contributed by atoms with E-state index >= 15 is 0 Å². The van der Waals surface area contributed by atoms with Gasteiger partial charge in [-0.25, -0.2) is 0 Å². The molecular formula is C8H7S. The van der Waals surface area contributed by atoms with E-state index in [9.17, 15) is 0 Å². The van der Waals surface area contributed by atoms with Gasteiger partial charge >= 0.3 is 0 Å². The molecule has 0 N–H and O–H groups in total. The summed E-state index contributed by atoms with van der Waals surface area (Å²) in [6, 6.07) is 4.24. The van der Waals surface area contributed by atoms with Gasteiger partial charge in [0.25, 0.3) is 0 Å². The summed E-state index contributed by atoms with van der Waals surface area (Å²) in [5.41, 5.74) is 1.28. The summed E-state index contributed by atoms with van der Waals surface area (Å²) in [7, 11) is 0. The Morgan fingerprint density at radius 1 is 1.56 bits per heavy atom. The minimum atomic E-state index is 0.602. The molecule has 0 aromatic carbocycles. The molecule has 2 rings (SSSR count). The molecule has 1 aliphatic rings. The molecule has 1 atom stereocenters. The molecule has 1 radical (unpaired) electrons. The van der Waals surface area contributed by atoms with Gasteiger partial charge in [-0.05, 0) is 17.9 Å². The maximum absolute atomic E-state index is 3.86. The second kappa shape index (κ2) is 1.71. The molecule has 45 valence electrons. The van der Waals surface area contributed by atoms with E-state index < -0.39 is 0 Å². The number of rotatable bonds is 1. The molecule has 0 amide bonds. The van der Waals surface area contributed by atoms with Gasteiger partial charge in [-0.1, -0.05) is 18.2 Å². The van der Waals surface area contributed by atoms with Crippen molar-refractivity contribution in [1.82, 2.24) is 0 Å². The van der Waals surface area contributed by atoms with E-state index in [1.54, 1.807) is 11.3 Å². The van der Waals surface area contributed by atoms with Crippen LogP contribution in [0.2, 0.25) is 0 Å². The molecule has 0 bridgehead atoms. The van der Waals surface area contributed by atoms with Gasteiger partial charge in [-0.15, -0.1) is 11.3 Å². The molecule has 0 saturated heterocycles. The number of hydrogen-bond acceptors (Lipinski definition) is 1. The maximum Gasteiger partial charge on any atom is 0.0215 e. The Bertz CT molecular complexity index is 221. The van der Waals surface area contributed by atoms with Gasteiger partial charge in [-0.2, -0.15) is 0 Å². The monoisotopic (exact) mass is 135 g/mol. The van der Waals surface area contributed by atoms with Crippen LogP contribution in [0, 0.1) is 6.42 Å². The lowest BCUT2D eigenvalue weighted by atomic mass is 10.3. The number of allylic oxidation sites excluding steroid dienone is 1. The summed E-state index contributed by atoms with van der Waals surface area (Å²) < 4.78 is 0. The minimum Gasteiger partial charge on any atom is -0.148 e. The van der Waals surface area contributed by atoms with Gasteiger partial charge < -0.3 is 0 Å². The molecule has 1 aliphatic carbocycles. The summed E-state index contributed by atoms with van der Waals surface area (Å²) >= 11 is 1.81. The van der Waals surface area contributed by atoms with E-state index in [0.29, 0.717) is 5.92 Å². The molecule has 0 spiro atoms. The average Bonchev–Trinajstić information content (AvgIpc) is 2.44. The summed E-state index contributed by atoms with van der Waals surface area (Å²) in [6.07, 6.45) is 2.19. The second-order valence-electron chi connectivity index (χ2n) is 2.23. The summed E-state index contributed by atoms with van der Waals surface area (Å²) in [5, 5.41) is 2.11. The smallest absolute Gasteiger partial charge is 0.0215 e. The molecule has 1 heterocycles. The zero-order chi connectivity index (χ0) is 6.27. The lowest BCUT2D eigenvalue weighted by molar-refractivity contribution is 1.31. The fourth-order valence-electron chi connectivity index (χ4n) is 0.899. The van der Waals surface area contributed by atoms with Crippen molar-refractivity contribution in [2.24, 2.45) is 0 Å². The first-order valence-corrected chi connectivity index (χ1v) is 3.83. The molecule has 1 heteroatoms. The SMILES string of the molecule is C=C1[CH]C1c1cccs1. The summed E-state index contributed by atoms with van der Waals surface area (Å²) in [6.45, 7) is 3.86. The lowest BCUT2D eigenvalue weighted by Crippen LogP contribution is -1.64. The van der Waals surface area contributed by atoms with Gasteiger partial charge in [0.05, 0.1) is 0 Å². The van der Waals surface area contributed by atoms with Crippen LogP contribution < -0.4 is 0 Å². The van der Waals surface area contributed by atoms with Crippen molar-refractivity contribution in [2.45, 2.75) is 5.92 Å². The maximum atomic E-state index is 3.86. The molecule has 0 nitrogen and oxygen atoms in total. The predicted octanol–water partition coefficient (Wildman–Crippen LogP) is 2.61. The average molecular weight is 135 g/mol. The highest BCUT2D eigenvalue weighted by Crippen LogP contribution is 2.45. The van der Waals surface area contributed by atoms with Gasteiger partial charge in [0, 0.05) is 10.8 Å². The first kappa shape index (κ1) is 5.24. The standard InChI is InChI=1S/C8H7S/c1-6-5-7(6)8-3-2-4-9-8/h2-5,7H,1H2. The second-order valence-corrected chi connectivity index (χ2v) is 3.21. The summed E-state index contributed by atoms with van der Waals surface area (Å²) in [5.74, 6) is 0.602. The van der Waals surface area contributed by atoms with Crippen LogP contribution in [0.5, 0.6) is 0 Å². The van der Waals surface area contributed by atoms with Crippen LogP contribution in [0.3, 0.4) is 0 Å². The number of hydrogen-bond donors (Lipinski definition) is 0. The van der Waals surface area contributed by atoms with Crippen LogP contribution in [0.25, 0.3) is 0 Å². The van der Waals surface area contributed by atoms with E-state index in [4.69, 9.17) is 0 Å². The van der Waals surface area contributed by atoms with Crippen molar-refractivity contribution in [3.8, 4) is 0 Å². The zero-order valence-corrected chi connectivity index (χ0v) is 5.82. The third-order valence-corrected chi connectivity index (χ3v) is 2.48. The van der Waals surface area contributed by atoms with Crippen LogP contribution >= 0.6 is 11.3 Å². The van der Waals surface area contributed by atoms with Crippen molar-refractivity contribution < 1.29 is 0 Å². The Kier molecular flexibility index (Phi) is 0.995. The molecule has 1 unspecified atom stereocenters. The van der Waals surface area contributed by atoms with Crippen molar-refractivity contribution in [3.05, 3.63) is 41.0 Å². The first-order valence-electron chi connectivity index (χ1n) is 2.95. The third-order valence-electron chi connectivity index (χ3n) is 1.52. The van der Waals surface area contributed by atoms with Crippen LogP contribution in [0.1, 0.15) is 10.8 Å². The van der Waals surface area contributed by atoms with E-state index in [2.05, 4.69) is 30.5 Å². The Morgan fingerprint density at radius 2 is 2.33 bits per heavy atom. The highest BCUT2D eigenvalue weighted by molar-refractivity contribution is 7.10. The van der Waals surface area contributed by atoms with Crippen LogP contribution in [0.4, 0.5) is 0 Å². The zero-order valence-electron chi connectivity index (χ0n) is 5.00. The molecule has 9 heavy (non-hydrogen) atoms. The van der Waals surface area contributed by atoms with E-state index in [0.717, 1.165) is 0 Å². The van der Waals surface area contributed by atoms with E-state index in [-0.39, 0.29) is 0 Å². The van der Waals surface area contributed by atoms with Crippen molar-refractivity contribution in [3.63, 3.8) is 0 Å². The minimum absolute atomic E-state index is 0.602. The highest BCUT2D eigenvalue weighted by Gasteiger charge is 2.29. The van der Waals surface area contributed by atoms with Gasteiger partial charge in [0.15, 0.2) is 0 Å². The Morgan fingerprint density at radius 3 is 2.78 bits per heavy atom. The molecule has 1 saturated carbocycles. The fraction of sp³-hybridized carbons (Fsp3) is 0.125. The van der Waals surface area contributed by atoms with Crippen molar-refractivity contribution in [1.29, 1.82) is 0 Å². The molecular weight excluding hydrogens is 128 g/mol. The topological polar surface area (TPSA) is 0 Å². The Labute approximate surface area is 58.8 Å². The van der Waals surface area contributed by atoms with Crippen LogP contribution in [-0.4, -0.2) is 0 Å². The normalized spacial score (nSPS) is 24.4. The third kappa shape index (κ3) is 0.815. The Hall–Kier alpha value is -0.560. The van der Waals surface area contributed by atoms with Crippen molar-refractivity contribution in [2.75, 3.05) is 0 Å². The first-order chi connectivity index (χ1) is 4.38. The van der Waals surface area contributed by atoms with E-state index in [1.807, 2.05) is 0 Å². The molecule has 1 aromatic heterocycles. The quantitative estimate of drug-likeness (QED) is 0.555. The summed E-state index contributed by atoms with van der Waals surface area (Å²) in [4.78, 5) is 1.43. The molecule has 0 aliphatic heterocycles. The van der Waals surface area contributed by atoms with E-state index in [1.165, 1.54) is 10.5 Å². The van der Waals surface area contributed by atoms with Gasteiger partial charge in [-0.3, -0.25) is 0 Å². The van der Waals surface area contributed by atoms with Crippen LogP contribution in [0.15, 0.2) is 29.7 Å². The fourth-order valence-corrected chi connectivity index (χ4v) is 1.74. The van der Waals surface area contributed by atoms with Crippen molar-refractivity contribution >= 4 is 11.3 Å². The van der Waals surface area contributed by atoms with Gasteiger partial charge in [0.1, 0.15) is 0 Å².